The molecule has 4 rings (SSSR count). The summed E-state index contributed by atoms with van der Waals surface area (Å²) in [6.07, 6.45) is 0. The molecule has 0 aliphatic carbocycles. The fourth-order valence-electron chi connectivity index (χ4n) is 3.35. The van der Waals surface area contributed by atoms with Gasteiger partial charge in [0, 0.05) is 18.3 Å². The third kappa shape index (κ3) is 4.99. The molecule has 0 spiro atoms. The summed E-state index contributed by atoms with van der Waals surface area (Å²) in [6, 6.07) is 23.1. The van der Waals surface area contributed by atoms with E-state index in [1.54, 1.807) is 54.1 Å². The monoisotopic (exact) mass is 454 g/mol. The molecule has 0 saturated carbocycles. The van der Waals surface area contributed by atoms with Crippen molar-refractivity contribution in [2.75, 3.05) is 10.6 Å². The van der Waals surface area contributed by atoms with Crippen LogP contribution in [0.2, 0.25) is 0 Å². The lowest BCUT2D eigenvalue weighted by Gasteiger charge is -2.07. The first-order chi connectivity index (χ1) is 16.4. The highest BCUT2D eigenvalue weighted by Gasteiger charge is 2.20. The predicted molar refractivity (Wildman–Crippen MR) is 130 cm³/mol. The predicted octanol–water partition coefficient (Wildman–Crippen LogP) is 6.00. The van der Waals surface area contributed by atoms with E-state index in [9.17, 15) is 14.7 Å². The van der Waals surface area contributed by atoms with Gasteiger partial charge in [0.1, 0.15) is 0 Å². The Kier molecular flexibility index (Phi) is 6.45. The molecule has 0 atom stereocenters. The van der Waals surface area contributed by atoms with Crippen molar-refractivity contribution in [2.45, 2.75) is 13.8 Å². The number of aromatic nitrogens is 2. The number of benzene rings is 3. The van der Waals surface area contributed by atoms with Crippen LogP contribution in [0.1, 0.15) is 23.0 Å². The zero-order valence-electron chi connectivity index (χ0n) is 18.6. The highest BCUT2D eigenvalue weighted by molar-refractivity contribution is 5.92. The van der Waals surface area contributed by atoms with Gasteiger partial charge in [0.15, 0.2) is 11.5 Å². The minimum atomic E-state index is -1.05. The Morgan fingerprint density at radius 2 is 1.56 bits per heavy atom. The molecule has 1 amide bonds. The third-order valence-corrected chi connectivity index (χ3v) is 4.94. The second-order valence-electron chi connectivity index (χ2n) is 7.44. The van der Waals surface area contributed by atoms with Crippen LogP contribution >= 0.6 is 0 Å². The van der Waals surface area contributed by atoms with Crippen LogP contribution in [0, 0.1) is 6.92 Å². The zero-order valence-corrected chi connectivity index (χ0v) is 18.6. The van der Waals surface area contributed by atoms with Crippen molar-refractivity contribution in [3.05, 3.63) is 90.1 Å². The minimum absolute atomic E-state index is 0.122. The number of carboxylic acids is 1. The van der Waals surface area contributed by atoms with Gasteiger partial charge >= 0.3 is 5.97 Å². The molecule has 0 saturated heterocycles. The van der Waals surface area contributed by atoms with Crippen LogP contribution in [0.25, 0.3) is 5.69 Å². The first-order valence-electron chi connectivity index (χ1n) is 10.5. The van der Waals surface area contributed by atoms with Gasteiger partial charge in [-0.15, -0.1) is 10.2 Å². The van der Waals surface area contributed by atoms with Gasteiger partial charge < -0.3 is 15.7 Å². The Morgan fingerprint density at radius 1 is 0.882 bits per heavy atom. The number of aromatic carboxylic acids is 1. The number of nitrogens with zero attached hydrogens (tertiary/aromatic N) is 4. The van der Waals surface area contributed by atoms with Crippen molar-refractivity contribution < 1.29 is 14.7 Å². The Balaban J connectivity index is 1.75. The van der Waals surface area contributed by atoms with E-state index >= 15 is 0 Å². The normalized spacial score (nSPS) is 10.9. The molecule has 0 bridgehead atoms. The second kappa shape index (κ2) is 9.78. The summed E-state index contributed by atoms with van der Waals surface area (Å²) in [7, 11) is 0. The summed E-state index contributed by atoms with van der Waals surface area (Å²) in [5.74, 6) is -0.774. The van der Waals surface area contributed by atoms with Gasteiger partial charge in [-0.05, 0) is 55.5 Å². The number of carboxylic acid groups (broad SMARTS) is 1. The summed E-state index contributed by atoms with van der Waals surface area (Å²) in [6.45, 7) is 3.24. The summed E-state index contributed by atoms with van der Waals surface area (Å²) >= 11 is 0. The van der Waals surface area contributed by atoms with Crippen LogP contribution in [0.5, 0.6) is 0 Å². The fourth-order valence-corrected chi connectivity index (χ4v) is 3.35. The van der Waals surface area contributed by atoms with Crippen LogP contribution in [0.4, 0.5) is 28.6 Å². The molecule has 0 radical (unpaired) electrons. The maximum absolute atomic E-state index is 11.8. The maximum atomic E-state index is 11.8. The Bertz CT molecular complexity index is 1360. The lowest BCUT2D eigenvalue weighted by Crippen LogP contribution is -2.07. The molecule has 3 N–H and O–H groups in total. The SMILES string of the molecule is CC(=O)Nc1ccc(N=Nc2c(Nc3ccccc3)nn(-c3ccccc3C(=O)O)c2C)cc1. The molecular weight excluding hydrogens is 432 g/mol. The van der Waals surface area contributed by atoms with Gasteiger partial charge in [-0.3, -0.25) is 4.79 Å². The average molecular weight is 454 g/mol. The Morgan fingerprint density at radius 3 is 2.24 bits per heavy atom. The van der Waals surface area contributed by atoms with Crippen LogP contribution in [0.15, 0.2) is 89.1 Å². The molecule has 0 aliphatic rings. The van der Waals surface area contributed by atoms with Crippen molar-refractivity contribution >= 4 is 40.4 Å². The number of azo groups is 1. The smallest absolute Gasteiger partial charge is 0.337 e. The van der Waals surface area contributed by atoms with Crippen LogP contribution in [-0.2, 0) is 4.79 Å². The van der Waals surface area contributed by atoms with Crippen molar-refractivity contribution in [3.63, 3.8) is 0 Å². The van der Waals surface area contributed by atoms with Gasteiger partial charge in [0.05, 0.1) is 22.6 Å². The minimum Gasteiger partial charge on any atom is -0.478 e. The second-order valence-corrected chi connectivity index (χ2v) is 7.44. The highest BCUT2D eigenvalue weighted by atomic mass is 16.4. The molecule has 170 valence electrons. The van der Waals surface area contributed by atoms with E-state index in [4.69, 9.17) is 0 Å². The molecular formula is C25H22N6O3. The zero-order chi connectivity index (χ0) is 24.1. The molecule has 9 nitrogen and oxygen atoms in total. The first kappa shape index (κ1) is 22.4. The Labute approximate surface area is 195 Å². The number of amides is 1. The van der Waals surface area contributed by atoms with E-state index in [2.05, 4.69) is 26.0 Å². The molecule has 1 heterocycles. The highest BCUT2D eigenvalue weighted by Crippen LogP contribution is 2.34. The summed E-state index contributed by atoms with van der Waals surface area (Å²) in [5, 5.41) is 28.9. The molecule has 34 heavy (non-hydrogen) atoms. The number of rotatable bonds is 7. The third-order valence-electron chi connectivity index (χ3n) is 4.94. The number of carbonyl (C=O) groups is 2. The molecule has 0 fully saturated rings. The number of anilines is 3. The molecule has 9 heteroatoms. The van der Waals surface area contributed by atoms with Gasteiger partial charge in [-0.1, -0.05) is 30.3 Å². The summed E-state index contributed by atoms with van der Waals surface area (Å²) in [4.78, 5) is 23.0. The van der Waals surface area contributed by atoms with Crippen LogP contribution < -0.4 is 10.6 Å². The van der Waals surface area contributed by atoms with E-state index in [-0.39, 0.29) is 11.5 Å². The van der Waals surface area contributed by atoms with Gasteiger partial charge in [0.2, 0.25) is 5.91 Å². The quantitative estimate of drug-likeness (QED) is 0.296. The Hall–Kier alpha value is -4.79. The standard InChI is InChI=1S/C25H22N6O3/c1-16-23(29-28-20-14-12-19(13-15-20)26-17(2)32)24(27-18-8-4-3-5-9-18)30-31(16)22-11-7-6-10-21(22)25(33)34/h3-15H,1-2H3,(H,26,32)(H,27,30)(H,33,34). The molecule has 1 aromatic heterocycles. The number of nitrogens with one attached hydrogen (secondary N) is 2. The number of hydrogen-bond donors (Lipinski definition) is 3. The summed E-state index contributed by atoms with van der Waals surface area (Å²) in [5.41, 5.74) is 3.67. The average Bonchev–Trinajstić information content (AvgIpc) is 3.13. The van der Waals surface area contributed by atoms with Crippen molar-refractivity contribution in [2.24, 2.45) is 10.2 Å². The topological polar surface area (TPSA) is 121 Å². The van der Waals surface area contributed by atoms with Gasteiger partial charge in [0.25, 0.3) is 0 Å². The lowest BCUT2D eigenvalue weighted by molar-refractivity contribution is -0.114. The largest absolute Gasteiger partial charge is 0.478 e. The molecule has 0 aliphatic heterocycles. The van der Waals surface area contributed by atoms with E-state index in [0.29, 0.717) is 34.3 Å². The van der Waals surface area contributed by atoms with Crippen molar-refractivity contribution in [1.82, 2.24) is 9.78 Å². The first-order valence-corrected chi connectivity index (χ1v) is 10.5. The van der Waals surface area contributed by atoms with E-state index in [1.165, 1.54) is 13.0 Å². The number of carbonyl (C=O) groups excluding carboxylic acids is 1. The van der Waals surface area contributed by atoms with Gasteiger partial charge in [-0.25, -0.2) is 9.48 Å². The summed E-state index contributed by atoms with van der Waals surface area (Å²) < 4.78 is 1.54. The molecule has 3 aromatic carbocycles. The van der Waals surface area contributed by atoms with Gasteiger partial charge in [-0.2, -0.15) is 5.11 Å². The van der Waals surface area contributed by atoms with Crippen molar-refractivity contribution in [3.8, 4) is 5.69 Å². The molecule has 0 unspecified atom stereocenters. The maximum Gasteiger partial charge on any atom is 0.337 e. The van der Waals surface area contributed by atoms with Crippen LogP contribution in [-0.4, -0.2) is 26.8 Å². The number of para-hydroxylation sites is 2. The van der Waals surface area contributed by atoms with E-state index < -0.39 is 5.97 Å². The van der Waals surface area contributed by atoms with Crippen LogP contribution in [0.3, 0.4) is 0 Å². The number of hydrogen-bond acceptors (Lipinski definition) is 6. The van der Waals surface area contributed by atoms with E-state index in [0.717, 1.165) is 5.69 Å². The van der Waals surface area contributed by atoms with E-state index in [1.807, 2.05) is 30.3 Å². The van der Waals surface area contributed by atoms with Crippen molar-refractivity contribution in [1.29, 1.82) is 0 Å². The molecule has 4 aromatic rings. The lowest BCUT2D eigenvalue weighted by atomic mass is 10.2. The fraction of sp³-hybridized carbons (Fsp3) is 0.0800.